The molecule has 3 N–H and O–H groups in total. The fourth-order valence-electron chi connectivity index (χ4n) is 1.33. The van der Waals surface area contributed by atoms with Gasteiger partial charge in [-0.3, -0.25) is 0 Å². The van der Waals surface area contributed by atoms with Crippen LogP contribution in [0.2, 0.25) is 0 Å². The first-order valence-electron chi connectivity index (χ1n) is 5.42. The van der Waals surface area contributed by atoms with Crippen molar-refractivity contribution in [2.45, 2.75) is 11.3 Å². The molecule has 1 aromatic rings. The highest BCUT2D eigenvalue weighted by molar-refractivity contribution is 7.89. The summed E-state index contributed by atoms with van der Waals surface area (Å²) in [5.74, 6) is 0. The van der Waals surface area contributed by atoms with Gasteiger partial charge in [0.1, 0.15) is 0 Å². The Kier molecular flexibility index (Phi) is 10.3. The van der Waals surface area contributed by atoms with Crippen molar-refractivity contribution in [1.29, 1.82) is 0 Å². The number of nitrogens with zero attached hydrogens (tertiary/aromatic N) is 1. The van der Waals surface area contributed by atoms with Crippen molar-refractivity contribution in [2.24, 2.45) is 0 Å². The molecule has 8 heteroatoms. The molecule has 0 aliphatic carbocycles. The Morgan fingerprint density at radius 3 is 2.16 bits per heavy atom. The van der Waals surface area contributed by atoms with Crippen LogP contribution in [0, 0.1) is 0 Å². The molecule has 0 aromatic heterocycles. The molecule has 112 valence electrons. The van der Waals surface area contributed by atoms with E-state index in [-0.39, 0.29) is 29.7 Å². The number of nitrogen functional groups attached to an aromatic ring is 1. The van der Waals surface area contributed by atoms with Crippen LogP contribution in [-0.2, 0) is 10.0 Å². The van der Waals surface area contributed by atoms with Gasteiger partial charge in [-0.05, 0) is 51.3 Å². The molecule has 19 heavy (non-hydrogen) atoms. The van der Waals surface area contributed by atoms with Gasteiger partial charge in [0.25, 0.3) is 0 Å². The van der Waals surface area contributed by atoms with E-state index in [2.05, 4.69) is 4.72 Å². The summed E-state index contributed by atoms with van der Waals surface area (Å²) < 4.78 is 26.2. The lowest BCUT2D eigenvalue weighted by Crippen LogP contribution is -2.27. The van der Waals surface area contributed by atoms with Crippen LogP contribution >= 0.6 is 24.8 Å². The molecule has 0 saturated carbocycles. The first-order chi connectivity index (χ1) is 7.92. The quantitative estimate of drug-likeness (QED) is 0.610. The lowest BCUT2D eigenvalue weighted by Gasteiger charge is -2.10. The summed E-state index contributed by atoms with van der Waals surface area (Å²) in [5, 5.41) is 0. The number of sulfonamides is 1. The van der Waals surface area contributed by atoms with Crippen molar-refractivity contribution in [3.63, 3.8) is 0 Å². The maximum atomic E-state index is 11.8. The normalized spacial score (nSPS) is 10.7. The van der Waals surface area contributed by atoms with Crippen molar-refractivity contribution in [3.8, 4) is 0 Å². The predicted molar refractivity (Wildman–Crippen MR) is 83.7 cm³/mol. The number of nitrogens with one attached hydrogen (secondary N) is 1. The van der Waals surface area contributed by atoms with Crippen molar-refractivity contribution in [1.82, 2.24) is 9.62 Å². The smallest absolute Gasteiger partial charge is 0.240 e. The van der Waals surface area contributed by atoms with Crippen molar-refractivity contribution in [2.75, 3.05) is 32.9 Å². The molecule has 0 atom stereocenters. The predicted octanol–water partition coefficient (Wildman–Crippen LogP) is 1.34. The molecule has 0 aliphatic heterocycles. The fraction of sp³-hybridized carbons (Fsp3) is 0.455. The Morgan fingerprint density at radius 2 is 1.68 bits per heavy atom. The maximum Gasteiger partial charge on any atom is 0.240 e. The zero-order valence-electron chi connectivity index (χ0n) is 11.0. The summed E-state index contributed by atoms with van der Waals surface area (Å²) in [6, 6.07) is 6.16. The molecule has 0 spiro atoms. The van der Waals surface area contributed by atoms with Gasteiger partial charge in [0, 0.05) is 12.2 Å². The summed E-state index contributed by atoms with van der Waals surface area (Å²) in [5.41, 5.74) is 6.06. The number of rotatable bonds is 6. The Morgan fingerprint density at radius 1 is 1.16 bits per heavy atom. The minimum absolute atomic E-state index is 0. The third-order valence-corrected chi connectivity index (χ3v) is 3.74. The van der Waals surface area contributed by atoms with Gasteiger partial charge in [0.15, 0.2) is 0 Å². The molecular formula is C11H21Cl2N3O2S. The average Bonchev–Trinajstić information content (AvgIpc) is 2.25. The third kappa shape index (κ3) is 7.59. The van der Waals surface area contributed by atoms with Crippen LogP contribution in [0.3, 0.4) is 0 Å². The molecule has 0 amide bonds. The van der Waals surface area contributed by atoms with Gasteiger partial charge in [-0.1, -0.05) is 0 Å². The highest BCUT2D eigenvalue weighted by Gasteiger charge is 2.12. The SMILES string of the molecule is CN(C)CCCNS(=O)(=O)c1ccc(N)cc1.Cl.Cl. The second-order valence-electron chi connectivity index (χ2n) is 4.12. The molecule has 5 nitrogen and oxygen atoms in total. The molecule has 0 heterocycles. The standard InChI is InChI=1S/C11H19N3O2S.2ClH/c1-14(2)9-3-8-13-17(15,16)11-6-4-10(12)5-7-11;;/h4-7,13H,3,8-9,12H2,1-2H3;2*1H. The van der Waals surface area contributed by atoms with Gasteiger partial charge in [0.2, 0.25) is 10.0 Å². The van der Waals surface area contributed by atoms with E-state index >= 15 is 0 Å². The van der Waals surface area contributed by atoms with Crippen LogP contribution in [-0.4, -0.2) is 40.5 Å². The van der Waals surface area contributed by atoms with Gasteiger partial charge in [-0.2, -0.15) is 0 Å². The number of halogens is 2. The van der Waals surface area contributed by atoms with Gasteiger partial charge in [0.05, 0.1) is 4.90 Å². The van der Waals surface area contributed by atoms with Crippen molar-refractivity contribution < 1.29 is 8.42 Å². The van der Waals surface area contributed by atoms with Gasteiger partial charge in [-0.25, -0.2) is 13.1 Å². The second-order valence-corrected chi connectivity index (χ2v) is 5.89. The number of anilines is 1. The maximum absolute atomic E-state index is 11.8. The van der Waals surface area contributed by atoms with Gasteiger partial charge >= 0.3 is 0 Å². The average molecular weight is 330 g/mol. The number of nitrogens with two attached hydrogens (primary N) is 1. The monoisotopic (exact) mass is 329 g/mol. The summed E-state index contributed by atoms with van der Waals surface area (Å²) >= 11 is 0. The molecule has 0 saturated heterocycles. The first-order valence-corrected chi connectivity index (χ1v) is 6.90. The molecule has 0 fully saturated rings. The van der Waals surface area contributed by atoms with E-state index in [1.807, 2.05) is 19.0 Å². The number of hydrogen-bond donors (Lipinski definition) is 2. The van der Waals surface area contributed by atoms with Crippen LogP contribution in [0.4, 0.5) is 5.69 Å². The van der Waals surface area contributed by atoms with Crippen LogP contribution in [0.25, 0.3) is 0 Å². The van der Waals surface area contributed by atoms with Crippen LogP contribution in [0.5, 0.6) is 0 Å². The lowest BCUT2D eigenvalue weighted by atomic mass is 10.3. The van der Waals surface area contributed by atoms with Gasteiger partial charge < -0.3 is 10.6 Å². The van der Waals surface area contributed by atoms with E-state index in [9.17, 15) is 8.42 Å². The van der Waals surface area contributed by atoms with E-state index in [1.165, 1.54) is 12.1 Å². The van der Waals surface area contributed by atoms with Crippen molar-refractivity contribution >= 4 is 40.5 Å². The summed E-state index contributed by atoms with van der Waals surface area (Å²) in [6.45, 7) is 1.29. The highest BCUT2D eigenvalue weighted by Crippen LogP contribution is 2.11. The van der Waals surface area contributed by atoms with Crippen LogP contribution < -0.4 is 10.5 Å². The first kappa shape index (κ1) is 20.8. The van der Waals surface area contributed by atoms with Crippen LogP contribution in [0.1, 0.15) is 6.42 Å². The Hall–Kier alpha value is -0.530. The minimum Gasteiger partial charge on any atom is -0.399 e. The lowest BCUT2D eigenvalue weighted by molar-refractivity contribution is 0.400. The zero-order valence-corrected chi connectivity index (χ0v) is 13.4. The van der Waals surface area contributed by atoms with E-state index in [0.717, 1.165) is 13.0 Å². The summed E-state index contributed by atoms with van der Waals surface area (Å²) in [6.07, 6.45) is 0.779. The summed E-state index contributed by atoms with van der Waals surface area (Å²) in [7, 11) is 0.507. The Bertz CT molecular complexity index is 450. The van der Waals surface area contributed by atoms with E-state index in [1.54, 1.807) is 12.1 Å². The Labute approximate surface area is 127 Å². The topological polar surface area (TPSA) is 75.4 Å². The minimum atomic E-state index is -3.40. The number of benzene rings is 1. The van der Waals surface area contributed by atoms with E-state index in [4.69, 9.17) is 5.73 Å². The van der Waals surface area contributed by atoms with Gasteiger partial charge in [-0.15, -0.1) is 24.8 Å². The molecule has 1 rings (SSSR count). The highest BCUT2D eigenvalue weighted by atomic mass is 35.5. The second kappa shape index (κ2) is 9.39. The van der Waals surface area contributed by atoms with E-state index < -0.39 is 10.0 Å². The van der Waals surface area contributed by atoms with E-state index in [0.29, 0.717) is 12.2 Å². The Balaban J connectivity index is 0. The molecule has 0 unspecified atom stereocenters. The molecule has 1 aromatic carbocycles. The summed E-state index contributed by atoms with van der Waals surface area (Å²) in [4.78, 5) is 2.26. The largest absolute Gasteiger partial charge is 0.399 e. The zero-order chi connectivity index (χ0) is 12.9. The number of hydrogen-bond acceptors (Lipinski definition) is 4. The molecule has 0 bridgehead atoms. The van der Waals surface area contributed by atoms with Crippen LogP contribution in [0.15, 0.2) is 29.2 Å². The third-order valence-electron chi connectivity index (χ3n) is 2.26. The molecule has 0 radical (unpaired) electrons. The molecular weight excluding hydrogens is 309 g/mol. The van der Waals surface area contributed by atoms with Crippen molar-refractivity contribution in [3.05, 3.63) is 24.3 Å². The molecule has 0 aliphatic rings. The fourth-order valence-corrected chi connectivity index (χ4v) is 2.41.